The Hall–Kier alpha value is -2.53. The SMILES string of the molecule is CC(=O)Nc1cccc(NCC(=O)Nc2ccccc2Cl)c1C. The van der Waals surface area contributed by atoms with Gasteiger partial charge in [0.2, 0.25) is 11.8 Å². The summed E-state index contributed by atoms with van der Waals surface area (Å²) in [6.45, 7) is 3.42. The Bertz CT molecular complexity index is 732. The van der Waals surface area contributed by atoms with Crippen LogP contribution in [-0.2, 0) is 9.59 Å². The van der Waals surface area contributed by atoms with Crippen molar-refractivity contribution in [3.8, 4) is 0 Å². The molecule has 0 aromatic heterocycles. The zero-order valence-electron chi connectivity index (χ0n) is 12.9. The lowest BCUT2D eigenvalue weighted by molar-refractivity contribution is -0.115. The molecular formula is C17H18ClN3O2. The van der Waals surface area contributed by atoms with Crippen molar-refractivity contribution in [2.24, 2.45) is 0 Å². The highest BCUT2D eigenvalue weighted by molar-refractivity contribution is 6.33. The Morgan fingerprint density at radius 2 is 1.61 bits per heavy atom. The number of hydrogen-bond donors (Lipinski definition) is 3. The quantitative estimate of drug-likeness (QED) is 0.783. The van der Waals surface area contributed by atoms with E-state index in [0.717, 1.165) is 11.3 Å². The second-order valence-electron chi connectivity index (χ2n) is 5.04. The number of halogens is 1. The molecule has 0 bridgehead atoms. The molecule has 0 saturated carbocycles. The van der Waals surface area contributed by atoms with Crippen LogP contribution in [0.1, 0.15) is 12.5 Å². The fourth-order valence-electron chi connectivity index (χ4n) is 2.08. The molecule has 0 radical (unpaired) electrons. The normalized spacial score (nSPS) is 10.0. The number of rotatable bonds is 5. The molecule has 0 fully saturated rings. The Balaban J connectivity index is 1.99. The summed E-state index contributed by atoms with van der Waals surface area (Å²) in [7, 11) is 0. The predicted molar refractivity (Wildman–Crippen MR) is 94.1 cm³/mol. The largest absolute Gasteiger partial charge is 0.376 e. The van der Waals surface area contributed by atoms with Crippen molar-refractivity contribution in [2.45, 2.75) is 13.8 Å². The van der Waals surface area contributed by atoms with Crippen LogP contribution in [-0.4, -0.2) is 18.4 Å². The summed E-state index contributed by atoms with van der Waals surface area (Å²) in [6, 6.07) is 12.5. The van der Waals surface area contributed by atoms with E-state index in [1.54, 1.807) is 24.3 Å². The Morgan fingerprint density at radius 1 is 0.957 bits per heavy atom. The van der Waals surface area contributed by atoms with Crippen LogP contribution >= 0.6 is 11.6 Å². The Kier molecular flexibility index (Phi) is 5.60. The van der Waals surface area contributed by atoms with Crippen LogP contribution in [0, 0.1) is 6.92 Å². The van der Waals surface area contributed by atoms with Gasteiger partial charge in [-0.2, -0.15) is 0 Å². The van der Waals surface area contributed by atoms with E-state index in [9.17, 15) is 9.59 Å². The van der Waals surface area contributed by atoms with Gasteiger partial charge in [0.15, 0.2) is 0 Å². The van der Waals surface area contributed by atoms with Crippen LogP contribution in [0.2, 0.25) is 5.02 Å². The standard InChI is InChI=1S/C17H18ClN3O2/c1-11-14(8-5-9-15(11)20-12(2)22)19-10-17(23)21-16-7-4-3-6-13(16)18/h3-9,19H,10H2,1-2H3,(H,20,22)(H,21,23). The number of amides is 2. The molecule has 0 saturated heterocycles. The van der Waals surface area contributed by atoms with Crippen molar-refractivity contribution >= 4 is 40.5 Å². The van der Waals surface area contributed by atoms with Gasteiger partial charge < -0.3 is 16.0 Å². The van der Waals surface area contributed by atoms with Gasteiger partial charge in [-0.1, -0.05) is 29.8 Å². The second kappa shape index (κ2) is 7.65. The van der Waals surface area contributed by atoms with E-state index in [1.807, 2.05) is 25.1 Å². The van der Waals surface area contributed by atoms with E-state index in [1.165, 1.54) is 6.92 Å². The fourth-order valence-corrected chi connectivity index (χ4v) is 2.27. The summed E-state index contributed by atoms with van der Waals surface area (Å²) in [5, 5.41) is 9.05. The minimum Gasteiger partial charge on any atom is -0.376 e. The summed E-state index contributed by atoms with van der Waals surface area (Å²) in [4.78, 5) is 23.2. The van der Waals surface area contributed by atoms with Crippen molar-refractivity contribution in [2.75, 3.05) is 22.5 Å². The van der Waals surface area contributed by atoms with E-state index in [2.05, 4.69) is 16.0 Å². The molecule has 0 aliphatic carbocycles. The Labute approximate surface area is 140 Å². The molecular weight excluding hydrogens is 314 g/mol. The lowest BCUT2D eigenvalue weighted by Gasteiger charge is -2.14. The summed E-state index contributed by atoms with van der Waals surface area (Å²) in [5.74, 6) is -0.343. The molecule has 120 valence electrons. The molecule has 0 atom stereocenters. The van der Waals surface area contributed by atoms with Crippen LogP contribution < -0.4 is 16.0 Å². The number of carbonyl (C=O) groups excluding carboxylic acids is 2. The van der Waals surface area contributed by atoms with Gasteiger partial charge >= 0.3 is 0 Å². The van der Waals surface area contributed by atoms with Crippen molar-refractivity contribution in [3.63, 3.8) is 0 Å². The smallest absolute Gasteiger partial charge is 0.243 e. The van der Waals surface area contributed by atoms with Gasteiger partial charge in [0.05, 0.1) is 17.3 Å². The topological polar surface area (TPSA) is 70.2 Å². The number of benzene rings is 2. The lowest BCUT2D eigenvalue weighted by atomic mass is 10.1. The average molecular weight is 332 g/mol. The average Bonchev–Trinajstić information content (AvgIpc) is 2.50. The maximum atomic E-state index is 12.0. The number of para-hydroxylation sites is 1. The first-order valence-electron chi connectivity index (χ1n) is 7.13. The first-order valence-corrected chi connectivity index (χ1v) is 7.50. The molecule has 0 heterocycles. The van der Waals surface area contributed by atoms with Gasteiger partial charge in [0, 0.05) is 18.3 Å². The number of anilines is 3. The van der Waals surface area contributed by atoms with Gasteiger partial charge in [-0.05, 0) is 36.8 Å². The maximum absolute atomic E-state index is 12.0. The fraction of sp³-hybridized carbons (Fsp3) is 0.176. The molecule has 2 rings (SSSR count). The zero-order chi connectivity index (χ0) is 16.8. The van der Waals surface area contributed by atoms with Crippen LogP contribution in [0.4, 0.5) is 17.1 Å². The number of hydrogen-bond acceptors (Lipinski definition) is 3. The van der Waals surface area contributed by atoms with E-state index in [-0.39, 0.29) is 18.4 Å². The van der Waals surface area contributed by atoms with E-state index in [4.69, 9.17) is 11.6 Å². The summed E-state index contributed by atoms with van der Waals surface area (Å²) >= 11 is 6.00. The third-order valence-electron chi connectivity index (χ3n) is 3.23. The van der Waals surface area contributed by atoms with Crippen molar-refractivity contribution < 1.29 is 9.59 Å². The summed E-state index contributed by atoms with van der Waals surface area (Å²) in [5.41, 5.74) is 2.94. The first kappa shape index (κ1) is 16.8. The monoisotopic (exact) mass is 331 g/mol. The zero-order valence-corrected chi connectivity index (χ0v) is 13.7. The molecule has 2 aromatic rings. The van der Waals surface area contributed by atoms with Gasteiger partial charge in [-0.3, -0.25) is 9.59 Å². The van der Waals surface area contributed by atoms with E-state index < -0.39 is 0 Å². The number of nitrogens with one attached hydrogen (secondary N) is 3. The molecule has 23 heavy (non-hydrogen) atoms. The highest BCUT2D eigenvalue weighted by Crippen LogP contribution is 2.23. The molecule has 0 aliphatic rings. The van der Waals surface area contributed by atoms with Crippen LogP contribution in [0.3, 0.4) is 0 Å². The van der Waals surface area contributed by atoms with Crippen LogP contribution in [0.15, 0.2) is 42.5 Å². The van der Waals surface area contributed by atoms with Crippen molar-refractivity contribution in [1.82, 2.24) is 0 Å². The van der Waals surface area contributed by atoms with Gasteiger partial charge in [-0.15, -0.1) is 0 Å². The van der Waals surface area contributed by atoms with Gasteiger partial charge in [0.25, 0.3) is 0 Å². The predicted octanol–water partition coefficient (Wildman–Crippen LogP) is 3.66. The second-order valence-corrected chi connectivity index (χ2v) is 5.45. The molecule has 5 nitrogen and oxygen atoms in total. The van der Waals surface area contributed by atoms with Crippen molar-refractivity contribution in [1.29, 1.82) is 0 Å². The lowest BCUT2D eigenvalue weighted by Crippen LogP contribution is -2.22. The molecule has 0 spiro atoms. The van der Waals surface area contributed by atoms with E-state index in [0.29, 0.717) is 16.4 Å². The van der Waals surface area contributed by atoms with Crippen LogP contribution in [0.25, 0.3) is 0 Å². The van der Waals surface area contributed by atoms with Crippen molar-refractivity contribution in [3.05, 3.63) is 53.1 Å². The highest BCUT2D eigenvalue weighted by atomic mass is 35.5. The van der Waals surface area contributed by atoms with Gasteiger partial charge in [0.1, 0.15) is 0 Å². The minimum absolute atomic E-state index is 0.0928. The van der Waals surface area contributed by atoms with Gasteiger partial charge in [-0.25, -0.2) is 0 Å². The molecule has 0 aliphatic heterocycles. The summed E-state index contributed by atoms with van der Waals surface area (Å²) < 4.78 is 0. The first-order chi connectivity index (χ1) is 11.0. The summed E-state index contributed by atoms with van der Waals surface area (Å²) in [6.07, 6.45) is 0. The molecule has 0 unspecified atom stereocenters. The third kappa shape index (κ3) is 4.72. The number of carbonyl (C=O) groups is 2. The molecule has 2 amide bonds. The highest BCUT2D eigenvalue weighted by Gasteiger charge is 2.08. The minimum atomic E-state index is -0.206. The molecule has 3 N–H and O–H groups in total. The third-order valence-corrected chi connectivity index (χ3v) is 3.56. The Morgan fingerprint density at radius 3 is 2.30 bits per heavy atom. The van der Waals surface area contributed by atoms with E-state index >= 15 is 0 Å². The van der Waals surface area contributed by atoms with Crippen LogP contribution in [0.5, 0.6) is 0 Å². The molecule has 2 aromatic carbocycles. The maximum Gasteiger partial charge on any atom is 0.243 e. The molecule has 6 heteroatoms.